The van der Waals surface area contributed by atoms with E-state index in [2.05, 4.69) is 5.32 Å². The molecule has 0 heterocycles. The van der Waals surface area contributed by atoms with E-state index < -0.39 is 0 Å². The zero-order valence-electron chi connectivity index (χ0n) is 11.3. The van der Waals surface area contributed by atoms with Gasteiger partial charge in [-0.1, -0.05) is 42.5 Å². The van der Waals surface area contributed by atoms with Crippen molar-refractivity contribution in [3.05, 3.63) is 77.6 Å². The van der Waals surface area contributed by atoms with Gasteiger partial charge in [0.1, 0.15) is 5.82 Å². The normalized spacial score (nSPS) is 10.3. The van der Waals surface area contributed by atoms with Gasteiger partial charge in [-0.05, 0) is 23.6 Å². The van der Waals surface area contributed by atoms with Crippen LogP contribution in [-0.4, -0.2) is 0 Å². The molecular formula is C18H13FN2. The van der Waals surface area contributed by atoms with E-state index in [0.717, 1.165) is 16.5 Å². The van der Waals surface area contributed by atoms with Crippen molar-refractivity contribution in [2.24, 2.45) is 0 Å². The molecule has 0 spiro atoms. The molecule has 0 atom stereocenters. The largest absolute Gasteiger partial charge is 0.380 e. The van der Waals surface area contributed by atoms with Gasteiger partial charge in [0.15, 0.2) is 0 Å². The lowest BCUT2D eigenvalue weighted by atomic mass is 10.1. The van der Waals surface area contributed by atoms with Gasteiger partial charge in [0.25, 0.3) is 0 Å². The smallest absolute Gasteiger partial charge is 0.129 e. The summed E-state index contributed by atoms with van der Waals surface area (Å²) >= 11 is 0. The molecule has 0 fully saturated rings. The van der Waals surface area contributed by atoms with Crippen LogP contribution in [0, 0.1) is 17.1 Å². The predicted octanol–water partition coefficient (Wildman–Crippen LogP) is 4.46. The maximum absolute atomic E-state index is 13.9. The Bertz CT molecular complexity index is 829. The summed E-state index contributed by atoms with van der Waals surface area (Å²) in [5.41, 5.74) is 1.85. The maximum atomic E-state index is 13.9. The van der Waals surface area contributed by atoms with Gasteiger partial charge in [-0.15, -0.1) is 0 Å². The van der Waals surface area contributed by atoms with Crippen molar-refractivity contribution in [3.63, 3.8) is 0 Å². The van der Waals surface area contributed by atoms with Crippen LogP contribution >= 0.6 is 0 Å². The Labute approximate surface area is 122 Å². The van der Waals surface area contributed by atoms with E-state index in [4.69, 9.17) is 5.26 Å². The Hall–Kier alpha value is -2.86. The van der Waals surface area contributed by atoms with E-state index in [1.54, 1.807) is 12.1 Å². The second-order valence-electron chi connectivity index (χ2n) is 4.80. The second kappa shape index (κ2) is 5.64. The van der Waals surface area contributed by atoms with Crippen molar-refractivity contribution in [1.82, 2.24) is 0 Å². The Morgan fingerprint density at radius 2 is 1.81 bits per heavy atom. The van der Waals surface area contributed by atoms with Crippen molar-refractivity contribution in [2.45, 2.75) is 6.54 Å². The van der Waals surface area contributed by atoms with Crippen LogP contribution in [0.2, 0.25) is 0 Å². The summed E-state index contributed by atoms with van der Waals surface area (Å²) in [6.45, 7) is 0.381. The molecule has 1 N–H and O–H groups in total. The lowest BCUT2D eigenvalue weighted by molar-refractivity contribution is 0.612. The first kappa shape index (κ1) is 13.1. The topological polar surface area (TPSA) is 35.8 Å². The van der Waals surface area contributed by atoms with Gasteiger partial charge in [0.2, 0.25) is 0 Å². The monoisotopic (exact) mass is 276 g/mol. The van der Waals surface area contributed by atoms with E-state index in [-0.39, 0.29) is 5.82 Å². The van der Waals surface area contributed by atoms with E-state index in [0.29, 0.717) is 17.7 Å². The molecule has 21 heavy (non-hydrogen) atoms. The molecule has 3 aromatic rings. The standard InChI is InChI=1S/C18H13FN2/c19-17-10-13(11-20)8-9-15(17)12-21-18-7-3-5-14-4-1-2-6-16(14)18/h1-10,21H,12H2. The highest BCUT2D eigenvalue weighted by molar-refractivity contribution is 5.93. The van der Waals surface area contributed by atoms with Crippen LogP contribution in [-0.2, 0) is 6.54 Å². The highest BCUT2D eigenvalue weighted by Crippen LogP contribution is 2.23. The van der Waals surface area contributed by atoms with Gasteiger partial charge >= 0.3 is 0 Å². The minimum atomic E-state index is -0.359. The first-order chi connectivity index (χ1) is 10.3. The van der Waals surface area contributed by atoms with Crippen LogP contribution in [0.4, 0.5) is 10.1 Å². The summed E-state index contributed by atoms with van der Waals surface area (Å²) in [4.78, 5) is 0. The second-order valence-corrected chi connectivity index (χ2v) is 4.80. The summed E-state index contributed by atoms with van der Waals surface area (Å²) in [7, 11) is 0. The van der Waals surface area contributed by atoms with Gasteiger partial charge in [-0.25, -0.2) is 4.39 Å². The Morgan fingerprint density at radius 1 is 1.00 bits per heavy atom. The molecule has 0 saturated heterocycles. The number of anilines is 1. The molecule has 102 valence electrons. The fourth-order valence-corrected chi connectivity index (χ4v) is 2.33. The van der Waals surface area contributed by atoms with Gasteiger partial charge in [0, 0.05) is 23.2 Å². The predicted molar refractivity (Wildman–Crippen MR) is 82.4 cm³/mol. The lowest BCUT2D eigenvalue weighted by Gasteiger charge is -2.10. The van der Waals surface area contributed by atoms with Crippen molar-refractivity contribution in [3.8, 4) is 6.07 Å². The molecule has 0 amide bonds. The Balaban J connectivity index is 1.86. The Kier molecular flexibility index (Phi) is 3.53. The molecule has 3 heteroatoms. The van der Waals surface area contributed by atoms with E-state index >= 15 is 0 Å². The van der Waals surface area contributed by atoms with Crippen LogP contribution in [0.1, 0.15) is 11.1 Å². The number of hydrogen-bond acceptors (Lipinski definition) is 2. The molecule has 0 radical (unpaired) electrons. The number of nitrogens with zero attached hydrogens (tertiary/aromatic N) is 1. The van der Waals surface area contributed by atoms with Crippen LogP contribution < -0.4 is 5.32 Å². The quantitative estimate of drug-likeness (QED) is 0.766. The molecular weight excluding hydrogens is 263 g/mol. The minimum absolute atomic E-state index is 0.335. The van der Waals surface area contributed by atoms with E-state index in [9.17, 15) is 4.39 Å². The van der Waals surface area contributed by atoms with Crippen molar-refractivity contribution < 1.29 is 4.39 Å². The van der Waals surface area contributed by atoms with Crippen LogP contribution in [0.5, 0.6) is 0 Å². The zero-order valence-corrected chi connectivity index (χ0v) is 11.3. The van der Waals surface area contributed by atoms with Crippen LogP contribution in [0.25, 0.3) is 10.8 Å². The third kappa shape index (κ3) is 2.70. The third-order valence-electron chi connectivity index (χ3n) is 3.44. The van der Waals surface area contributed by atoms with Gasteiger partial charge in [-0.3, -0.25) is 0 Å². The fourth-order valence-electron chi connectivity index (χ4n) is 2.33. The van der Waals surface area contributed by atoms with Crippen LogP contribution in [0.15, 0.2) is 60.7 Å². The summed E-state index contributed by atoms with van der Waals surface area (Å²) in [6.07, 6.45) is 0. The molecule has 0 aromatic heterocycles. The van der Waals surface area contributed by atoms with Crippen molar-refractivity contribution in [2.75, 3.05) is 5.32 Å². The lowest BCUT2D eigenvalue weighted by Crippen LogP contribution is -2.02. The van der Waals surface area contributed by atoms with E-state index in [1.165, 1.54) is 6.07 Å². The molecule has 0 aliphatic carbocycles. The van der Waals surface area contributed by atoms with Gasteiger partial charge in [-0.2, -0.15) is 5.26 Å². The van der Waals surface area contributed by atoms with Gasteiger partial charge in [0.05, 0.1) is 11.6 Å². The summed E-state index contributed by atoms with van der Waals surface area (Å²) in [5, 5.41) is 14.3. The SMILES string of the molecule is N#Cc1ccc(CNc2cccc3ccccc23)c(F)c1. The molecule has 2 nitrogen and oxygen atoms in total. The first-order valence-electron chi connectivity index (χ1n) is 6.68. The van der Waals surface area contributed by atoms with Crippen molar-refractivity contribution in [1.29, 1.82) is 5.26 Å². The highest BCUT2D eigenvalue weighted by Gasteiger charge is 2.05. The molecule has 0 aliphatic heterocycles. The number of nitriles is 1. The Morgan fingerprint density at radius 3 is 2.62 bits per heavy atom. The number of nitrogens with one attached hydrogen (secondary N) is 1. The molecule has 0 saturated carbocycles. The minimum Gasteiger partial charge on any atom is -0.380 e. The molecule has 0 unspecified atom stereocenters. The number of rotatable bonds is 3. The summed E-state index contributed by atoms with van der Waals surface area (Å²) in [6, 6.07) is 20.5. The average Bonchev–Trinajstić information content (AvgIpc) is 2.53. The number of halogens is 1. The third-order valence-corrected chi connectivity index (χ3v) is 3.44. The fraction of sp³-hybridized carbons (Fsp3) is 0.0556. The molecule has 0 aliphatic rings. The average molecular weight is 276 g/mol. The summed E-state index contributed by atoms with van der Waals surface area (Å²) in [5.74, 6) is -0.359. The number of fused-ring (bicyclic) bond motifs is 1. The number of benzene rings is 3. The van der Waals surface area contributed by atoms with Crippen molar-refractivity contribution >= 4 is 16.5 Å². The first-order valence-corrected chi connectivity index (χ1v) is 6.68. The summed E-state index contributed by atoms with van der Waals surface area (Å²) < 4.78 is 13.9. The zero-order chi connectivity index (χ0) is 14.7. The maximum Gasteiger partial charge on any atom is 0.129 e. The number of hydrogen-bond donors (Lipinski definition) is 1. The van der Waals surface area contributed by atoms with Crippen LogP contribution in [0.3, 0.4) is 0 Å². The molecule has 3 rings (SSSR count). The molecule has 0 bridgehead atoms. The van der Waals surface area contributed by atoms with E-state index in [1.807, 2.05) is 48.5 Å². The molecule has 3 aromatic carbocycles. The van der Waals surface area contributed by atoms with Gasteiger partial charge < -0.3 is 5.32 Å². The highest BCUT2D eigenvalue weighted by atomic mass is 19.1.